The van der Waals surface area contributed by atoms with Gasteiger partial charge in [0.05, 0.1) is 4.87 Å². The smallest absolute Gasteiger partial charge is 0.157 e. The number of halogens is 3. The Kier molecular flexibility index (Phi) is 2.68. The lowest BCUT2D eigenvalue weighted by atomic mass is 9.47. The molecule has 0 aromatic heterocycles. The maximum atomic E-state index is 6.68. The summed E-state index contributed by atoms with van der Waals surface area (Å²) in [4.78, 5) is 0.140. The summed E-state index contributed by atoms with van der Waals surface area (Å²) in [6.45, 7) is 9.10. The monoisotopic (exact) mass is 426 g/mol. The van der Waals surface area contributed by atoms with Crippen LogP contribution in [0.25, 0.3) is 0 Å². The van der Waals surface area contributed by atoms with Gasteiger partial charge in [0.15, 0.2) is 4.51 Å². The number of hydrogen-bond acceptors (Lipinski definition) is 2. The van der Waals surface area contributed by atoms with Gasteiger partial charge in [-0.05, 0) is 33.1 Å². The third kappa shape index (κ3) is 1.36. The Morgan fingerprint density at radius 1 is 1.05 bits per heavy atom. The number of fused-ring (bicyclic) bond motifs is 4. The van der Waals surface area contributed by atoms with Crippen molar-refractivity contribution < 1.29 is 9.47 Å². The number of ether oxygens (including phenoxy) is 2. The van der Waals surface area contributed by atoms with Crippen molar-refractivity contribution >= 4 is 43.5 Å². The first-order chi connectivity index (χ1) is 9.02. The Morgan fingerprint density at radius 2 is 1.70 bits per heavy atom. The van der Waals surface area contributed by atoms with E-state index in [4.69, 9.17) is 21.1 Å². The molecule has 4 rings (SSSR count). The van der Waals surface area contributed by atoms with Crippen molar-refractivity contribution in [2.75, 3.05) is 0 Å². The van der Waals surface area contributed by atoms with E-state index in [0.717, 1.165) is 19.3 Å². The van der Waals surface area contributed by atoms with Gasteiger partial charge in [-0.25, -0.2) is 0 Å². The molecule has 2 saturated carbocycles. The van der Waals surface area contributed by atoms with Crippen molar-refractivity contribution in [3.8, 4) is 0 Å². The van der Waals surface area contributed by atoms with Gasteiger partial charge in [0.25, 0.3) is 0 Å². The van der Waals surface area contributed by atoms with E-state index >= 15 is 0 Å². The topological polar surface area (TPSA) is 25.1 Å². The average molecular weight is 429 g/mol. The van der Waals surface area contributed by atoms with Gasteiger partial charge in [-0.15, -0.1) is 11.6 Å². The fourth-order valence-corrected chi connectivity index (χ4v) is 6.85. The summed E-state index contributed by atoms with van der Waals surface area (Å²) in [5.41, 5.74) is 0.0594. The van der Waals surface area contributed by atoms with Crippen molar-refractivity contribution in [3.63, 3.8) is 0 Å². The number of epoxide rings is 2. The van der Waals surface area contributed by atoms with E-state index in [1.54, 1.807) is 0 Å². The van der Waals surface area contributed by atoms with Crippen LogP contribution in [0, 0.1) is 10.8 Å². The SMILES string of the molecule is CC1(C)[C@]2(CC[C@](C)(Cl)C(Br)C2)[C@]2(C)O[C@@H]2[C@H]2O[C@]21Br. The summed E-state index contributed by atoms with van der Waals surface area (Å²) >= 11 is 14.4. The molecule has 2 nitrogen and oxygen atoms in total. The molecule has 0 aromatic carbocycles. The van der Waals surface area contributed by atoms with Crippen molar-refractivity contribution in [2.45, 2.75) is 79.0 Å². The largest absolute Gasteiger partial charge is 0.363 e. The fraction of sp³-hybridized carbons (Fsp3) is 1.00. The highest BCUT2D eigenvalue weighted by Crippen LogP contribution is 2.80. The molecule has 2 aliphatic carbocycles. The highest BCUT2D eigenvalue weighted by molar-refractivity contribution is 9.10. The van der Waals surface area contributed by atoms with E-state index < -0.39 is 0 Å². The molecule has 1 unspecified atom stereocenters. The predicted octanol–water partition coefficient (Wildman–Crippen LogP) is 4.61. The van der Waals surface area contributed by atoms with Crippen LogP contribution in [0.3, 0.4) is 0 Å². The summed E-state index contributed by atoms with van der Waals surface area (Å²) in [5.74, 6) is 0. The molecule has 0 N–H and O–H groups in total. The van der Waals surface area contributed by atoms with Gasteiger partial charge in [0.1, 0.15) is 17.8 Å². The molecule has 4 fully saturated rings. The molecule has 1 spiro atoms. The maximum absolute atomic E-state index is 6.68. The summed E-state index contributed by atoms with van der Waals surface area (Å²) in [6.07, 6.45) is 3.60. The van der Waals surface area contributed by atoms with Crippen LogP contribution in [-0.2, 0) is 9.47 Å². The quantitative estimate of drug-likeness (QED) is 0.416. The summed E-state index contributed by atoms with van der Waals surface area (Å²) in [7, 11) is 0. The molecular weight excluding hydrogens is 407 g/mol. The molecule has 0 radical (unpaired) electrons. The first kappa shape index (κ1) is 14.7. The molecule has 20 heavy (non-hydrogen) atoms. The van der Waals surface area contributed by atoms with E-state index in [9.17, 15) is 0 Å². The van der Waals surface area contributed by atoms with Crippen LogP contribution < -0.4 is 0 Å². The van der Waals surface area contributed by atoms with Gasteiger partial charge in [-0.1, -0.05) is 45.7 Å². The minimum atomic E-state index is -0.215. The lowest BCUT2D eigenvalue weighted by molar-refractivity contribution is -0.0701. The van der Waals surface area contributed by atoms with Gasteiger partial charge >= 0.3 is 0 Å². The van der Waals surface area contributed by atoms with E-state index in [2.05, 4.69) is 59.6 Å². The molecule has 114 valence electrons. The second kappa shape index (κ2) is 3.63. The molecule has 2 aliphatic heterocycles. The normalized spacial score (nSPS) is 66.5. The van der Waals surface area contributed by atoms with Gasteiger partial charge in [-0.3, -0.25) is 0 Å². The van der Waals surface area contributed by atoms with Gasteiger partial charge in [-0.2, -0.15) is 0 Å². The van der Waals surface area contributed by atoms with Crippen molar-refractivity contribution in [1.29, 1.82) is 0 Å². The van der Waals surface area contributed by atoms with Gasteiger partial charge in [0.2, 0.25) is 0 Å². The Morgan fingerprint density at radius 3 is 2.30 bits per heavy atom. The van der Waals surface area contributed by atoms with E-state index in [1.165, 1.54) is 0 Å². The van der Waals surface area contributed by atoms with Crippen LogP contribution in [0.4, 0.5) is 0 Å². The fourth-order valence-electron chi connectivity index (χ4n) is 5.08. The third-order valence-electron chi connectivity index (χ3n) is 6.96. The molecule has 4 aliphatic rings. The van der Waals surface area contributed by atoms with Crippen LogP contribution in [0.15, 0.2) is 0 Å². The van der Waals surface area contributed by atoms with Crippen LogP contribution >= 0.6 is 43.5 Å². The number of hydrogen-bond donors (Lipinski definition) is 0. The zero-order chi connectivity index (χ0) is 14.8. The number of rotatable bonds is 0. The predicted molar refractivity (Wildman–Crippen MR) is 86.8 cm³/mol. The molecule has 2 heterocycles. The van der Waals surface area contributed by atoms with Gasteiger partial charge in [0, 0.05) is 15.7 Å². The Hall–Kier alpha value is 1.17. The molecule has 0 bridgehead atoms. The Labute approximate surface area is 142 Å². The van der Waals surface area contributed by atoms with Crippen molar-refractivity contribution in [2.24, 2.45) is 10.8 Å². The molecular formula is C15H21Br2ClO2. The zero-order valence-electron chi connectivity index (χ0n) is 12.3. The highest BCUT2D eigenvalue weighted by Gasteiger charge is 2.89. The molecule has 7 atom stereocenters. The van der Waals surface area contributed by atoms with E-state index in [1.807, 2.05) is 0 Å². The second-order valence-corrected chi connectivity index (χ2v) is 11.1. The average Bonchev–Trinajstić information content (AvgIpc) is 3.19. The first-order valence-electron chi connectivity index (χ1n) is 7.39. The van der Waals surface area contributed by atoms with Crippen LogP contribution in [0.2, 0.25) is 0 Å². The first-order valence-corrected chi connectivity index (χ1v) is 9.48. The van der Waals surface area contributed by atoms with E-state index in [0.29, 0.717) is 4.83 Å². The Bertz CT molecular complexity index is 496. The standard InChI is InChI=1S/C15H21Br2ClO2/c1-11(2)14(6-5-12(3,18)8(16)7-14)13(4)9(19-13)10-15(11,17)20-10/h8-10H,5-7H2,1-4H3/t8?,9-,10-,12+,13-,14-,15-/m1/s1. The highest BCUT2D eigenvalue weighted by atomic mass is 79.9. The summed E-state index contributed by atoms with van der Waals surface area (Å²) in [6, 6.07) is 0. The second-order valence-electron chi connectivity index (χ2n) is 7.99. The third-order valence-corrected chi connectivity index (χ3v) is 10.6. The van der Waals surface area contributed by atoms with Gasteiger partial charge < -0.3 is 9.47 Å². The molecule has 2 saturated heterocycles. The Balaban J connectivity index is 1.80. The maximum Gasteiger partial charge on any atom is 0.157 e. The summed E-state index contributed by atoms with van der Waals surface area (Å²) in [5, 5.41) is 0. The minimum Gasteiger partial charge on any atom is -0.363 e. The van der Waals surface area contributed by atoms with Crippen LogP contribution in [0.1, 0.15) is 47.0 Å². The van der Waals surface area contributed by atoms with E-state index in [-0.39, 0.29) is 38.0 Å². The van der Waals surface area contributed by atoms with Crippen LogP contribution in [0.5, 0.6) is 0 Å². The van der Waals surface area contributed by atoms with Crippen LogP contribution in [-0.4, -0.2) is 32.0 Å². The lowest BCUT2D eigenvalue weighted by Gasteiger charge is -2.58. The van der Waals surface area contributed by atoms with Crippen molar-refractivity contribution in [1.82, 2.24) is 0 Å². The molecule has 0 aromatic rings. The summed E-state index contributed by atoms with van der Waals surface area (Å²) < 4.78 is 12.1. The molecule has 5 heteroatoms. The minimum absolute atomic E-state index is 0.0197. The molecule has 0 amide bonds. The lowest BCUT2D eigenvalue weighted by Crippen LogP contribution is -2.62. The van der Waals surface area contributed by atoms with Crippen molar-refractivity contribution in [3.05, 3.63) is 0 Å². The number of alkyl halides is 3. The zero-order valence-corrected chi connectivity index (χ0v) is 16.2.